The molecule has 1 aromatic rings. The highest BCUT2D eigenvalue weighted by Crippen LogP contribution is 2.32. The van der Waals surface area contributed by atoms with Gasteiger partial charge in [-0.05, 0) is 57.9 Å². The average molecular weight is 343 g/mol. The number of likely N-dealkylation sites (tertiary alicyclic amines) is 1. The van der Waals surface area contributed by atoms with Crippen molar-refractivity contribution < 1.29 is 4.79 Å². The van der Waals surface area contributed by atoms with Gasteiger partial charge < -0.3 is 10.3 Å². The summed E-state index contributed by atoms with van der Waals surface area (Å²) in [5.74, 6) is 0.998. The van der Waals surface area contributed by atoms with Crippen molar-refractivity contribution >= 4 is 5.91 Å². The van der Waals surface area contributed by atoms with Gasteiger partial charge in [-0.1, -0.05) is 13.8 Å². The zero-order valence-corrected chi connectivity index (χ0v) is 15.6. The number of carbonyl (C=O) groups excluding carboxylic acids is 1. The fourth-order valence-electron chi connectivity index (χ4n) is 3.77. The summed E-state index contributed by atoms with van der Waals surface area (Å²) in [6.07, 6.45) is 6.70. The first kappa shape index (κ1) is 17.9. The molecule has 25 heavy (non-hydrogen) atoms. The van der Waals surface area contributed by atoms with Crippen molar-refractivity contribution in [3.8, 4) is 6.07 Å². The van der Waals surface area contributed by atoms with E-state index in [0.29, 0.717) is 6.54 Å². The molecule has 1 aliphatic heterocycles. The van der Waals surface area contributed by atoms with Gasteiger partial charge in [0.05, 0.1) is 24.3 Å². The lowest BCUT2D eigenvalue weighted by Gasteiger charge is -2.29. The highest BCUT2D eigenvalue weighted by molar-refractivity contribution is 5.79. The third-order valence-electron chi connectivity index (χ3n) is 5.79. The lowest BCUT2D eigenvalue weighted by Crippen LogP contribution is -2.51. The van der Waals surface area contributed by atoms with E-state index in [9.17, 15) is 10.1 Å². The molecule has 2 aliphatic rings. The van der Waals surface area contributed by atoms with Crippen LogP contribution in [0, 0.1) is 17.2 Å². The molecule has 0 saturated carbocycles. The van der Waals surface area contributed by atoms with Gasteiger partial charge in [0.2, 0.25) is 5.91 Å². The summed E-state index contributed by atoms with van der Waals surface area (Å²) in [7, 11) is 0. The molecule has 1 aliphatic carbocycles. The Morgan fingerprint density at radius 1 is 1.44 bits per heavy atom. The van der Waals surface area contributed by atoms with Crippen LogP contribution in [0.25, 0.3) is 0 Å². The van der Waals surface area contributed by atoms with Crippen LogP contribution in [0.4, 0.5) is 0 Å². The van der Waals surface area contributed by atoms with E-state index in [1.165, 1.54) is 24.2 Å². The predicted octanol–water partition coefficient (Wildman–Crippen LogP) is 2.48. The number of hydrogen-bond acceptors (Lipinski definition) is 4. The molecule has 0 bridgehead atoms. The number of fused-ring (bicyclic) bond motifs is 1. The average Bonchev–Trinajstić information content (AvgIpc) is 3.20. The van der Waals surface area contributed by atoms with Gasteiger partial charge in [0.1, 0.15) is 11.4 Å². The number of aromatic amines is 1. The largest absolute Gasteiger partial charge is 0.344 e. The van der Waals surface area contributed by atoms with E-state index >= 15 is 0 Å². The summed E-state index contributed by atoms with van der Waals surface area (Å²) in [6, 6.07) is 2.42. The standard InChI is InChI=1S/C19H29N5O/c1-13(2)19(3,12-20)23-17(25)11-24-10-6-9-16(24)18-21-14-7-4-5-8-15(14)22-18/h13,16H,4-11H2,1-3H3,(H,21,22)(H,23,25)/t16-,19-/m0/s1. The first-order valence-corrected chi connectivity index (χ1v) is 9.47. The van der Waals surface area contributed by atoms with E-state index < -0.39 is 5.54 Å². The number of rotatable bonds is 5. The van der Waals surface area contributed by atoms with E-state index in [1.807, 2.05) is 13.8 Å². The molecule has 0 spiro atoms. The first-order chi connectivity index (χ1) is 11.9. The number of amides is 1. The smallest absolute Gasteiger partial charge is 0.235 e. The van der Waals surface area contributed by atoms with E-state index in [4.69, 9.17) is 4.98 Å². The molecule has 1 amide bonds. The monoisotopic (exact) mass is 343 g/mol. The number of nitrogens with zero attached hydrogens (tertiary/aromatic N) is 3. The Morgan fingerprint density at radius 3 is 2.88 bits per heavy atom. The number of nitriles is 1. The van der Waals surface area contributed by atoms with Crippen LogP contribution in [0.15, 0.2) is 0 Å². The normalized spacial score (nSPS) is 23.1. The quantitative estimate of drug-likeness (QED) is 0.860. The van der Waals surface area contributed by atoms with Gasteiger partial charge in [0.25, 0.3) is 0 Å². The Morgan fingerprint density at radius 2 is 2.20 bits per heavy atom. The maximum absolute atomic E-state index is 12.5. The first-order valence-electron chi connectivity index (χ1n) is 9.47. The van der Waals surface area contributed by atoms with Crippen molar-refractivity contribution in [2.24, 2.45) is 5.92 Å². The van der Waals surface area contributed by atoms with Gasteiger partial charge in [0.15, 0.2) is 0 Å². The SMILES string of the molecule is CC(C)[C@](C)(C#N)NC(=O)CN1CCC[C@H]1c1nc2c([nH]1)CCCC2. The minimum Gasteiger partial charge on any atom is -0.344 e. The fourth-order valence-corrected chi connectivity index (χ4v) is 3.77. The van der Waals surface area contributed by atoms with E-state index in [1.54, 1.807) is 6.92 Å². The molecule has 1 fully saturated rings. The fraction of sp³-hybridized carbons (Fsp3) is 0.737. The Kier molecular flexibility index (Phi) is 5.14. The molecule has 1 aromatic heterocycles. The Labute approximate surface area is 150 Å². The molecular weight excluding hydrogens is 314 g/mol. The highest BCUT2D eigenvalue weighted by Gasteiger charge is 2.34. The van der Waals surface area contributed by atoms with Gasteiger partial charge in [-0.15, -0.1) is 0 Å². The van der Waals surface area contributed by atoms with Gasteiger partial charge in [-0.3, -0.25) is 9.69 Å². The number of nitrogens with one attached hydrogen (secondary N) is 2. The molecule has 2 N–H and O–H groups in total. The summed E-state index contributed by atoms with van der Waals surface area (Å²) in [5, 5.41) is 12.3. The molecule has 0 unspecified atom stereocenters. The molecule has 6 heteroatoms. The summed E-state index contributed by atoms with van der Waals surface area (Å²) in [6.45, 7) is 6.91. The van der Waals surface area contributed by atoms with Gasteiger partial charge in [0, 0.05) is 5.69 Å². The number of H-pyrrole nitrogens is 1. The second-order valence-corrected chi connectivity index (χ2v) is 7.90. The molecule has 1 saturated heterocycles. The molecule has 136 valence electrons. The van der Waals surface area contributed by atoms with Crippen molar-refractivity contribution in [1.82, 2.24) is 20.2 Å². The number of hydrogen-bond donors (Lipinski definition) is 2. The van der Waals surface area contributed by atoms with Crippen LogP contribution in [0.1, 0.15) is 69.7 Å². The zero-order valence-electron chi connectivity index (χ0n) is 15.6. The minimum atomic E-state index is -0.823. The number of aryl methyl sites for hydroxylation is 2. The highest BCUT2D eigenvalue weighted by atomic mass is 16.2. The summed E-state index contributed by atoms with van der Waals surface area (Å²) >= 11 is 0. The predicted molar refractivity (Wildman–Crippen MR) is 95.8 cm³/mol. The molecular formula is C19H29N5O. The second kappa shape index (κ2) is 7.17. The topological polar surface area (TPSA) is 84.8 Å². The van der Waals surface area contributed by atoms with Crippen LogP contribution < -0.4 is 5.32 Å². The Hall–Kier alpha value is -1.87. The summed E-state index contributed by atoms with van der Waals surface area (Å²) in [5.41, 5.74) is 1.68. The van der Waals surface area contributed by atoms with Crippen LogP contribution in [0.5, 0.6) is 0 Å². The van der Waals surface area contributed by atoms with E-state index in [-0.39, 0.29) is 17.9 Å². The zero-order chi connectivity index (χ0) is 18.0. The molecule has 6 nitrogen and oxygen atoms in total. The number of imidazole rings is 1. The van der Waals surface area contributed by atoms with E-state index in [0.717, 1.165) is 38.1 Å². The number of aromatic nitrogens is 2. The minimum absolute atomic E-state index is 0.0626. The Bertz CT molecular complexity index is 650. The summed E-state index contributed by atoms with van der Waals surface area (Å²) in [4.78, 5) is 23.1. The maximum Gasteiger partial charge on any atom is 0.235 e. The molecule has 2 atom stereocenters. The van der Waals surface area contributed by atoms with Crippen molar-refractivity contribution in [3.63, 3.8) is 0 Å². The lowest BCUT2D eigenvalue weighted by molar-refractivity contribution is -0.124. The second-order valence-electron chi connectivity index (χ2n) is 7.90. The van der Waals surface area contributed by atoms with Crippen molar-refractivity contribution in [2.45, 2.75) is 70.9 Å². The van der Waals surface area contributed by atoms with Crippen molar-refractivity contribution in [3.05, 3.63) is 17.2 Å². The van der Waals surface area contributed by atoms with E-state index in [2.05, 4.69) is 21.3 Å². The van der Waals surface area contributed by atoms with Crippen LogP contribution in [-0.4, -0.2) is 39.4 Å². The van der Waals surface area contributed by atoms with Gasteiger partial charge >= 0.3 is 0 Å². The molecule has 2 heterocycles. The third-order valence-corrected chi connectivity index (χ3v) is 5.79. The lowest BCUT2D eigenvalue weighted by atomic mass is 9.90. The maximum atomic E-state index is 12.5. The van der Waals surface area contributed by atoms with Gasteiger partial charge in [-0.25, -0.2) is 4.98 Å². The van der Waals surface area contributed by atoms with Crippen LogP contribution in [0.3, 0.4) is 0 Å². The third kappa shape index (κ3) is 3.72. The Balaban J connectivity index is 1.67. The van der Waals surface area contributed by atoms with Crippen molar-refractivity contribution in [2.75, 3.05) is 13.1 Å². The number of carbonyl (C=O) groups is 1. The summed E-state index contributed by atoms with van der Waals surface area (Å²) < 4.78 is 0. The molecule has 0 radical (unpaired) electrons. The van der Waals surface area contributed by atoms with Gasteiger partial charge in [-0.2, -0.15) is 5.26 Å². The molecule has 3 rings (SSSR count). The van der Waals surface area contributed by atoms with Crippen molar-refractivity contribution in [1.29, 1.82) is 5.26 Å². The van der Waals surface area contributed by atoms with Crippen LogP contribution in [0.2, 0.25) is 0 Å². The molecule has 0 aromatic carbocycles. The van der Waals surface area contributed by atoms with Crippen LogP contribution in [-0.2, 0) is 17.6 Å². The van der Waals surface area contributed by atoms with Crippen LogP contribution >= 0.6 is 0 Å².